The van der Waals surface area contributed by atoms with Gasteiger partial charge in [-0.05, 0) is 19.8 Å². The van der Waals surface area contributed by atoms with E-state index in [1.54, 1.807) is 11.1 Å². The second-order valence-electron chi connectivity index (χ2n) is 4.79. The first-order valence-corrected chi connectivity index (χ1v) is 6.23. The van der Waals surface area contributed by atoms with Crippen molar-refractivity contribution in [2.24, 2.45) is 0 Å². The van der Waals surface area contributed by atoms with Crippen LogP contribution in [0.25, 0.3) is 0 Å². The lowest BCUT2D eigenvalue weighted by molar-refractivity contribution is 0.0628. The van der Waals surface area contributed by atoms with E-state index in [4.69, 9.17) is 4.74 Å². The molecule has 1 aliphatic rings. The van der Waals surface area contributed by atoms with Crippen molar-refractivity contribution in [1.82, 2.24) is 4.90 Å². The highest BCUT2D eigenvalue weighted by Gasteiger charge is 2.39. The fraction of sp³-hybridized carbons (Fsp3) is 0.769. The van der Waals surface area contributed by atoms with E-state index < -0.39 is 0 Å². The van der Waals surface area contributed by atoms with Crippen molar-refractivity contribution in [3.63, 3.8) is 0 Å². The molecule has 1 rings (SSSR count). The predicted octanol–water partition coefficient (Wildman–Crippen LogP) is 3.70. The van der Waals surface area contributed by atoms with Gasteiger partial charge in [0.15, 0.2) is 0 Å². The van der Waals surface area contributed by atoms with Crippen molar-refractivity contribution in [2.45, 2.75) is 58.0 Å². The summed E-state index contributed by atoms with van der Waals surface area (Å²) in [6, 6.07) is 0. The van der Waals surface area contributed by atoms with Crippen LogP contribution in [0, 0.1) is 0 Å². The van der Waals surface area contributed by atoms with Crippen molar-refractivity contribution in [3.8, 4) is 0 Å². The molecule has 0 bridgehead atoms. The molecule has 0 spiro atoms. The summed E-state index contributed by atoms with van der Waals surface area (Å²) in [5.41, 5.74) is -0.308. The molecule has 1 amide bonds. The van der Waals surface area contributed by atoms with Crippen LogP contribution in [-0.4, -0.2) is 23.1 Å². The Morgan fingerprint density at radius 3 is 2.69 bits per heavy atom. The molecule has 1 atom stereocenters. The molecule has 0 saturated carbocycles. The van der Waals surface area contributed by atoms with Gasteiger partial charge in [0.25, 0.3) is 0 Å². The second-order valence-corrected chi connectivity index (χ2v) is 4.79. The third-order valence-corrected chi connectivity index (χ3v) is 3.10. The number of amides is 1. The Hall–Kier alpha value is -0.990. The van der Waals surface area contributed by atoms with Gasteiger partial charge in [0.05, 0.1) is 6.54 Å². The van der Waals surface area contributed by atoms with Crippen LogP contribution in [0.15, 0.2) is 12.8 Å². The first-order chi connectivity index (χ1) is 7.61. The van der Waals surface area contributed by atoms with E-state index >= 15 is 0 Å². The molecule has 1 unspecified atom stereocenters. The van der Waals surface area contributed by atoms with Gasteiger partial charge in [-0.25, -0.2) is 4.79 Å². The maximum Gasteiger partial charge on any atom is 0.414 e. The monoisotopic (exact) mass is 225 g/mol. The van der Waals surface area contributed by atoms with E-state index in [9.17, 15) is 4.79 Å². The molecule has 1 heterocycles. The van der Waals surface area contributed by atoms with E-state index in [0.29, 0.717) is 6.54 Å². The number of hydrogen-bond acceptors (Lipinski definition) is 2. The molecule has 92 valence electrons. The maximum atomic E-state index is 11.4. The van der Waals surface area contributed by atoms with Crippen LogP contribution in [-0.2, 0) is 4.74 Å². The van der Waals surface area contributed by atoms with E-state index in [2.05, 4.69) is 13.5 Å². The predicted molar refractivity (Wildman–Crippen MR) is 65.2 cm³/mol. The molecule has 3 heteroatoms. The minimum absolute atomic E-state index is 0.258. The zero-order valence-electron chi connectivity index (χ0n) is 10.5. The van der Waals surface area contributed by atoms with Crippen LogP contribution in [0.2, 0.25) is 0 Å². The van der Waals surface area contributed by atoms with Gasteiger partial charge in [-0.3, -0.25) is 4.90 Å². The summed E-state index contributed by atoms with van der Waals surface area (Å²) < 4.78 is 5.37. The van der Waals surface area contributed by atoms with Gasteiger partial charge in [0.2, 0.25) is 0 Å². The average molecular weight is 225 g/mol. The lowest BCUT2D eigenvalue weighted by atomic mass is 9.98. The molecule has 3 nitrogen and oxygen atoms in total. The summed E-state index contributed by atoms with van der Waals surface area (Å²) in [5.74, 6) is 0. The number of nitrogens with zero attached hydrogens (tertiary/aromatic N) is 1. The van der Waals surface area contributed by atoms with Gasteiger partial charge in [-0.15, -0.1) is 0 Å². The van der Waals surface area contributed by atoms with Crippen molar-refractivity contribution in [2.75, 3.05) is 6.54 Å². The lowest BCUT2D eigenvalue weighted by Gasteiger charge is -2.21. The van der Waals surface area contributed by atoms with Gasteiger partial charge >= 0.3 is 6.09 Å². The average Bonchev–Trinajstić information content (AvgIpc) is 2.54. The molecular formula is C13H23NO2. The third-order valence-electron chi connectivity index (χ3n) is 3.10. The van der Waals surface area contributed by atoms with E-state index in [1.807, 2.05) is 6.92 Å². The molecule has 0 radical (unpaired) electrons. The molecule has 0 aromatic heterocycles. The molecule has 0 aromatic carbocycles. The maximum absolute atomic E-state index is 11.4. The normalized spacial score (nSPS) is 24.6. The van der Waals surface area contributed by atoms with Crippen LogP contribution in [0.3, 0.4) is 0 Å². The summed E-state index contributed by atoms with van der Waals surface area (Å²) in [7, 11) is 0. The highest BCUT2D eigenvalue weighted by molar-refractivity contribution is 5.71. The van der Waals surface area contributed by atoms with Crippen LogP contribution >= 0.6 is 0 Å². The highest BCUT2D eigenvalue weighted by atomic mass is 16.6. The summed E-state index contributed by atoms with van der Waals surface area (Å²) in [4.78, 5) is 12.9. The van der Waals surface area contributed by atoms with Crippen LogP contribution in [0.1, 0.15) is 52.4 Å². The smallest absolute Gasteiger partial charge is 0.414 e. The second kappa shape index (κ2) is 5.92. The molecule has 0 aliphatic carbocycles. The number of cyclic esters (lactones) is 1. The molecule has 1 saturated heterocycles. The number of carbonyl (C=O) groups excluding carboxylic acids is 1. The zero-order chi connectivity index (χ0) is 12.0. The summed E-state index contributed by atoms with van der Waals surface area (Å²) >= 11 is 0. The molecule has 0 N–H and O–H groups in total. The van der Waals surface area contributed by atoms with Crippen molar-refractivity contribution >= 4 is 6.09 Å². The Labute approximate surface area is 98.5 Å². The lowest BCUT2D eigenvalue weighted by Crippen LogP contribution is -2.29. The van der Waals surface area contributed by atoms with Gasteiger partial charge in [-0.1, -0.05) is 39.2 Å². The highest BCUT2D eigenvalue weighted by Crippen LogP contribution is 2.28. The number of carbonyl (C=O) groups is 1. The minimum Gasteiger partial charge on any atom is -0.441 e. The van der Waals surface area contributed by atoms with Gasteiger partial charge in [0.1, 0.15) is 5.60 Å². The van der Waals surface area contributed by atoms with E-state index in [0.717, 1.165) is 12.8 Å². The Morgan fingerprint density at radius 2 is 2.12 bits per heavy atom. The summed E-state index contributed by atoms with van der Waals surface area (Å²) in [6.45, 7) is 8.47. The Bertz CT molecular complexity index is 252. The minimum atomic E-state index is -0.308. The Balaban J connectivity index is 2.26. The largest absolute Gasteiger partial charge is 0.441 e. The molecule has 1 fully saturated rings. The van der Waals surface area contributed by atoms with Crippen LogP contribution in [0.4, 0.5) is 4.79 Å². The number of hydrogen-bond donors (Lipinski definition) is 0. The molecule has 0 aromatic rings. The van der Waals surface area contributed by atoms with Crippen molar-refractivity contribution in [1.29, 1.82) is 0 Å². The number of unbranched alkanes of at least 4 members (excludes halogenated alkanes) is 4. The number of ether oxygens (including phenoxy) is 1. The zero-order valence-corrected chi connectivity index (χ0v) is 10.5. The Kier molecular flexibility index (Phi) is 4.84. The third kappa shape index (κ3) is 3.54. The van der Waals surface area contributed by atoms with Gasteiger partial charge in [-0.2, -0.15) is 0 Å². The van der Waals surface area contributed by atoms with Gasteiger partial charge < -0.3 is 4.74 Å². The van der Waals surface area contributed by atoms with Crippen LogP contribution in [0.5, 0.6) is 0 Å². The summed E-state index contributed by atoms with van der Waals surface area (Å²) in [5, 5.41) is 0. The van der Waals surface area contributed by atoms with E-state index in [-0.39, 0.29) is 11.7 Å². The topological polar surface area (TPSA) is 29.5 Å². The number of rotatable bonds is 7. The van der Waals surface area contributed by atoms with E-state index in [1.165, 1.54) is 25.7 Å². The first kappa shape index (κ1) is 13.1. The quantitative estimate of drug-likeness (QED) is 0.618. The SMILES string of the molecule is C=CN1CC(C)(CCCCCCC)OC1=O. The fourth-order valence-corrected chi connectivity index (χ4v) is 2.10. The molecular weight excluding hydrogens is 202 g/mol. The Morgan fingerprint density at radius 1 is 1.44 bits per heavy atom. The first-order valence-electron chi connectivity index (χ1n) is 6.23. The van der Waals surface area contributed by atoms with Crippen molar-refractivity contribution in [3.05, 3.63) is 12.8 Å². The summed E-state index contributed by atoms with van der Waals surface area (Å²) in [6.07, 6.45) is 8.45. The molecule has 1 aliphatic heterocycles. The fourth-order valence-electron chi connectivity index (χ4n) is 2.10. The molecule has 16 heavy (non-hydrogen) atoms. The standard InChI is InChI=1S/C13H23NO2/c1-4-6-7-8-9-10-13(3)11-14(5-2)12(15)16-13/h5H,2,4,6-11H2,1,3H3. The van der Waals surface area contributed by atoms with Gasteiger partial charge in [0, 0.05) is 6.20 Å². The van der Waals surface area contributed by atoms with Crippen LogP contribution < -0.4 is 0 Å². The van der Waals surface area contributed by atoms with Crippen molar-refractivity contribution < 1.29 is 9.53 Å².